The van der Waals surface area contributed by atoms with Gasteiger partial charge < -0.3 is 5.11 Å². The van der Waals surface area contributed by atoms with E-state index in [1.165, 1.54) is 0 Å². The normalized spacial score (nSPS) is 33.9. The summed E-state index contributed by atoms with van der Waals surface area (Å²) >= 11 is 0. The molecular formula is C12H20N4O. The lowest BCUT2D eigenvalue weighted by Crippen LogP contribution is -2.62. The van der Waals surface area contributed by atoms with Gasteiger partial charge in [0.05, 0.1) is 11.7 Å². The average molecular weight is 236 g/mol. The van der Waals surface area contributed by atoms with E-state index in [0.717, 1.165) is 45.0 Å². The molecule has 94 valence electrons. The van der Waals surface area contributed by atoms with Crippen LogP contribution < -0.4 is 0 Å². The van der Waals surface area contributed by atoms with Crippen LogP contribution in [0.15, 0.2) is 12.3 Å². The van der Waals surface area contributed by atoms with Gasteiger partial charge in [0.2, 0.25) is 0 Å². The number of aliphatic hydroxyl groups excluding tert-OH is 1. The van der Waals surface area contributed by atoms with Crippen molar-refractivity contribution in [2.75, 3.05) is 32.7 Å². The van der Waals surface area contributed by atoms with Gasteiger partial charge in [-0.25, -0.2) is 0 Å². The molecule has 3 aliphatic heterocycles. The van der Waals surface area contributed by atoms with Gasteiger partial charge in [0, 0.05) is 45.5 Å². The van der Waals surface area contributed by atoms with Crippen LogP contribution in [-0.4, -0.2) is 63.5 Å². The van der Waals surface area contributed by atoms with Crippen molar-refractivity contribution in [3.8, 4) is 0 Å². The maximum absolute atomic E-state index is 10.5. The molecule has 3 fully saturated rings. The third-order valence-electron chi connectivity index (χ3n) is 4.04. The zero-order valence-electron chi connectivity index (χ0n) is 10.3. The van der Waals surface area contributed by atoms with Crippen molar-refractivity contribution in [1.82, 2.24) is 19.6 Å². The zero-order valence-corrected chi connectivity index (χ0v) is 10.3. The van der Waals surface area contributed by atoms with E-state index in [-0.39, 0.29) is 6.04 Å². The molecule has 2 bridgehead atoms. The number of hydrogen-bond acceptors (Lipinski definition) is 4. The molecule has 2 unspecified atom stereocenters. The van der Waals surface area contributed by atoms with Gasteiger partial charge in [-0.2, -0.15) is 5.10 Å². The molecular weight excluding hydrogens is 216 g/mol. The predicted molar refractivity (Wildman–Crippen MR) is 64.7 cm³/mol. The predicted octanol–water partition coefficient (Wildman–Crippen LogP) is -0.0638. The molecule has 4 rings (SSSR count). The average Bonchev–Trinajstić information content (AvgIpc) is 2.87. The molecule has 3 aliphatic rings. The van der Waals surface area contributed by atoms with Crippen molar-refractivity contribution >= 4 is 0 Å². The summed E-state index contributed by atoms with van der Waals surface area (Å²) in [5.41, 5.74) is 0.950. The maximum atomic E-state index is 10.5. The standard InChI is InChI=1S/C12H20N4O/c1-2-16-10(3-4-13-16)12(17)11-9-14-5-7-15(11)8-6-14/h3-4,11-12,17H,2,5-9H2,1H3. The Hall–Kier alpha value is -0.910. The van der Waals surface area contributed by atoms with Crippen molar-refractivity contribution < 1.29 is 5.11 Å². The Balaban J connectivity index is 1.80. The number of aliphatic hydroxyl groups is 1. The Kier molecular flexibility index (Phi) is 2.90. The van der Waals surface area contributed by atoms with Crippen LogP contribution in [0.5, 0.6) is 0 Å². The Morgan fingerprint density at radius 2 is 2.18 bits per heavy atom. The van der Waals surface area contributed by atoms with E-state index in [4.69, 9.17) is 0 Å². The van der Waals surface area contributed by atoms with Crippen LogP contribution in [0.3, 0.4) is 0 Å². The summed E-state index contributed by atoms with van der Waals surface area (Å²) < 4.78 is 1.89. The summed E-state index contributed by atoms with van der Waals surface area (Å²) in [5.74, 6) is 0. The molecule has 0 amide bonds. The Morgan fingerprint density at radius 3 is 2.76 bits per heavy atom. The molecule has 0 radical (unpaired) electrons. The largest absolute Gasteiger partial charge is 0.385 e. The highest BCUT2D eigenvalue weighted by atomic mass is 16.3. The number of rotatable bonds is 3. The number of piperazine rings is 3. The lowest BCUT2D eigenvalue weighted by atomic mass is 10.00. The fourth-order valence-corrected chi connectivity index (χ4v) is 3.01. The molecule has 0 aromatic carbocycles. The van der Waals surface area contributed by atoms with Gasteiger partial charge in [-0.1, -0.05) is 0 Å². The van der Waals surface area contributed by atoms with Crippen molar-refractivity contribution in [3.63, 3.8) is 0 Å². The summed E-state index contributed by atoms with van der Waals surface area (Å²) in [6.07, 6.45) is 1.36. The second kappa shape index (κ2) is 4.40. The number of fused-ring (bicyclic) bond motifs is 3. The highest BCUT2D eigenvalue weighted by molar-refractivity contribution is 5.09. The minimum Gasteiger partial charge on any atom is -0.385 e. The van der Waals surface area contributed by atoms with Gasteiger partial charge in [0.1, 0.15) is 6.10 Å². The minimum absolute atomic E-state index is 0.236. The van der Waals surface area contributed by atoms with Gasteiger partial charge in [-0.3, -0.25) is 14.5 Å². The molecule has 5 nitrogen and oxygen atoms in total. The lowest BCUT2D eigenvalue weighted by molar-refractivity contribution is -0.0495. The number of hydrogen-bond donors (Lipinski definition) is 1. The van der Waals surface area contributed by atoms with Crippen LogP contribution >= 0.6 is 0 Å². The first-order valence-electron chi connectivity index (χ1n) is 6.45. The topological polar surface area (TPSA) is 44.5 Å². The van der Waals surface area contributed by atoms with Crippen LogP contribution in [0, 0.1) is 0 Å². The van der Waals surface area contributed by atoms with Crippen molar-refractivity contribution in [1.29, 1.82) is 0 Å². The SMILES string of the molecule is CCn1nccc1C(O)C1CN2CCN1CC2. The molecule has 1 N–H and O–H groups in total. The molecule has 17 heavy (non-hydrogen) atoms. The van der Waals surface area contributed by atoms with E-state index in [0.29, 0.717) is 0 Å². The Bertz CT molecular complexity index is 384. The monoisotopic (exact) mass is 236 g/mol. The first-order chi connectivity index (χ1) is 8.29. The van der Waals surface area contributed by atoms with Gasteiger partial charge in [0.15, 0.2) is 0 Å². The summed E-state index contributed by atoms with van der Waals surface area (Å²) in [7, 11) is 0. The fourth-order valence-electron chi connectivity index (χ4n) is 3.01. The molecule has 1 aromatic heterocycles. The van der Waals surface area contributed by atoms with Gasteiger partial charge in [-0.15, -0.1) is 0 Å². The lowest BCUT2D eigenvalue weighted by Gasteiger charge is -2.49. The highest BCUT2D eigenvalue weighted by Gasteiger charge is 2.37. The minimum atomic E-state index is -0.416. The van der Waals surface area contributed by atoms with E-state index in [9.17, 15) is 5.11 Å². The van der Waals surface area contributed by atoms with Crippen molar-refractivity contribution in [3.05, 3.63) is 18.0 Å². The van der Waals surface area contributed by atoms with Crippen LogP contribution in [0.1, 0.15) is 18.7 Å². The molecule has 3 saturated heterocycles. The molecule has 4 heterocycles. The molecule has 0 aliphatic carbocycles. The molecule has 1 aromatic rings. The quantitative estimate of drug-likeness (QED) is 0.798. The second-order valence-electron chi connectivity index (χ2n) is 4.92. The Labute approximate surface area is 102 Å². The van der Waals surface area contributed by atoms with E-state index in [1.54, 1.807) is 6.20 Å². The summed E-state index contributed by atoms with van der Waals surface area (Å²) in [5, 5.41) is 14.8. The first kappa shape index (κ1) is 11.2. The number of nitrogens with zero attached hydrogens (tertiary/aromatic N) is 4. The smallest absolute Gasteiger partial charge is 0.112 e. The van der Waals surface area contributed by atoms with Gasteiger partial charge in [0.25, 0.3) is 0 Å². The fraction of sp³-hybridized carbons (Fsp3) is 0.750. The van der Waals surface area contributed by atoms with Crippen molar-refractivity contribution in [2.45, 2.75) is 25.6 Å². The van der Waals surface area contributed by atoms with Crippen LogP contribution in [0.25, 0.3) is 0 Å². The summed E-state index contributed by atoms with van der Waals surface area (Å²) in [6.45, 7) is 8.32. The van der Waals surface area contributed by atoms with E-state index in [1.807, 2.05) is 10.7 Å². The molecule has 5 heteroatoms. The summed E-state index contributed by atoms with van der Waals surface area (Å²) in [4.78, 5) is 4.86. The zero-order chi connectivity index (χ0) is 11.8. The van der Waals surface area contributed by atoms with E-state index in [2.05, 4.69) is 21.8 Å². The van der Waals surface area contributed by atoms with Crippen LogP contribution in [0.2, 0.25) is 0 Å². The molecule has 2 atom stereocenters. The maximum Gasteiger partial charge on any atom is 0.112 e. The van der Waals surface area contributed by atoms with Crippen LogP contribution in [-0.2, 0) is 6.54 Å². The van der Waals surface area contributed by atoms with Gasteiger partial charge in [-0.05, 0) is 13.0 Å². The third-order valence-corrected chi connectivity index (χ3v) is 4.04. The Morgan fingerprint density at radius 1 is 1.41 bits per heavy atom. The highest BCUT2D eigenvalue weighted by Crippen LogP contribution is 2.26. The third kappa shape index (κ3) is 1.88. The van der Waals surface area contributed by atoms with E-state index < -0.39 is 6.10 Å². The number of aromatic nitrogens is 2. The summed E-state index contributed by atoms with van der Waals surface area (Å²) in [6, 6.07) is 2.17. The second-order valence-corrected chi connectivity index (χ2v) is 4.92. The molecule has 0 spiro atoms. The number of aryl methyl sites for hydroxylation is 1. The first-order valence-corrected chi connectivity index (χ1v) is 6.45. The van der Waals surface area contributed by atoms with Gasteiger partial charge >= 0.3 is 0 Å². The van der Waals surface area contributed by atoms with Crippen molar-refractivity contribution in [2.24, 2.45) is 0 Å². The molecule has 0 saturated carbocycles. The van der Waals surface area contributed by atoms with E-state index >= 15 is 0 Å². The van der Waals surface area contributed by atoms with Crippen LogP contribution in [0.4, 0.5) is 0 Å².